The summed E-state index contributed by atoms with van der Waals surface area (Å²) in [6.45, 7) is 18.0. The van der Waals surface area contributed by atoms with Crippen molar-refractivity contribution in [2.45, 2.75) is 92.6 Å². The third kappa shape index (κ3) is 6.44. The van der Waals surface area contributed by atoms with Crippen molar-refractivity contribution < 1.29 is 38.5 Å². The molecule has 9 atom stereocenters. The number of rotatable bonds is 9. The van der Waals surface area contributed by atoms with Gasteiger partial charge in [-0.25, -0.2) is 4.79 Å². The van der Waals surface area contributed by atoms with Crippen LogP contribution in [-0.2, 0) is 33.4 Å². The molecule has 36 heavy (non-hydrogen) atoms. The van der Waals surface area contributed by atoms with Crippen LogP contribution in [0.15, 0.2) is 23.8 Å². The summed E-state index contributed by atoms with van der Waals surface area (Å²) < 4.78 is 17.3. The molecule has 0 spiro atoms. The number of aliphatic hydroxyl groups is 1. The fourth-order valence-electron chi connectivity index (χ4n) is 5.58. The first kappa shape index (κ1) is 29.7. The van der Waals surface area contributed by atoms with E-state index in [0.29, 0.717) is 17.6 Å². The van der Waals surface area contributed by atoms with Gasteiger partial charge in [-0.1, -0.05) is 34.3 Å². The van der Waals surface area contributed by atoms with Gasteiger partial charge in [0.2, 0.25) is 0 Å². The molecule has 2 saturated carbocycles. The van der Waals surface area contributed by atoms with Gasteiger partial charge in [0.05, 0.1) is 17.9 Å². The lowest BCUT2D eigenvalue weighted by Crippen LogP contribution is -2.55. The topological polar surface area (TPSA) is 116 Å². The van der Waals surface area contributed by atoms with E-state index in [1.54, 1.807) is 27.7 Å². The zero-order chi connectivity index (χ0) is 27.5. The Labute approximate surface area is 214 Å². The predicted octanol–water partition coefficient (Wildman–Crippen LogP) is 3.80. The Hall–Kier alpha value is -2.48. The number of fused-ring (bicyclic) bond motifs is 1. The molecular weight excluding hydrogens is 464 g/mol. The van der Waals surface area contributed by atoms with Crippen LogP contribution >= 0.6 is 0 Å². The quantitative estimate of drug-likeness (QED) is 0.217. The predicted molar refractivity (Wildman–Crippen MR) is 133 cm³/mol. The Balaban J connectivity index is 2.56. The van der Waals surface area contributed by atoms with Crippen molar-refractivity contribution in [2.24, 2.45) is 35.5 Å². The van der Waals surface area contributed by atoms with E-state index in [2.05, 4.69) is 6.58 Å². The van der Waals surface area contributed by atoms with Gasteiger partial charge in [-0.15, -0.1) is 0 Å². The van der Waals surface area contributed by atoms with E-state index in [9.17, 15) is 24.3 Å². The van der Waals surface area contributed by atoms with Gasteiger partial charge in [0.1, 0.15) is 18.0 Å². The van der Waals surface area contributed by atoms with Crippen molar-refractivity contribution in [2.75, 3.05) is 0 Å². The van der Waals surface area contributed by atoms with Crippen LogP contribution in [0.5, 0.6) is 0 Å². The number of hydrogen-bond acceptors (Lipinski definition) is 8. The molecule has 2 unspecified atom stereocenters. The second-order valence-corrected chi connectivity index (χ2v) is 10.7. The van der Waals surface area contributed by atoms with E-state index >= 15 is 0 Å². The fourth-order valence-corrected chi connectivity index (χ4v) is 5.58. The summed E-state index contributed by atoms with van der Waals surface area (Å²) in [5.41, 5.74) is 0.945. The highest BCUT2D eigenvalue weighted by atomic mass is 16.6. The molecule has 0 aliphatic heterocycles. The van der Waals surface area contributed by atoms with Crippen LogP contribution in [0.2, 0.25) is 0 Å². The van der Waals surface area contributed by atoms with E-state index in [-0.39, 0.29) is 41.8 Å². The minimum absolute atomic E-state index is 0.0469. The molecule has 0 heterocycles. The zero-order valence-electron chi connectivity index (χ0n) is 22.8. The maximum absolute atomic E-state index is 13.2. The number of hydrogen-bond donors (Lipinski definition) is 1. The van der Waals surface area contributed by atoms with Crippen LogP contribution in [0.1, 0.15) is 68.2 Å². The zero-order valence-corrected chi connectivity index (χ0v) is 22.8. The Bertz CT molecular complexity index is 901. The van der Waals surface area contributed by atoms with E-state index in [1.165, 1.54) is 13.0 Å². The molecule has 2 aliphatic carbocycles. The molecule has 0 amide bonds. The standard InChI is InChI=1S/C28H42O8/c1-10-14(4)28(33)36-27-23(13(2)3)25-20(12-21(31)24(25)18(8)34-19(9)30)16(6)26(27)35-22(32)11-15(5)17(7)29/h11,13-14,17-18,20,23-27,29H,6,10,12H2,1-5,7-9H3/b15-11+/t14?,17?,18-,20+,23+,24+,25-,26+,27-/m1/s1. The molecule has 202 valence electrons. The van der Waals surface area contributed by atoms with Gasteiger partial charge in [0.25, 0.3) is 0 Å². The largest absolute Gasteiger partial charge is 0.462 e. The number of ether oxygens (including phenoxy) is 3. The first-order valence-electron chi connectivity index (χ1n) is 12.9. The third-order valence-corrected chi connectivity index (χ3v) is 7.78. The summed E-state index contributed by atoms with van der Waals surface area (Å²) in [5, 5.41) is 9.76. The number of aliphatic hydroxyl groups excluding tert-OH is 1. The van der Waals surface area contributed by atoms with Crippen LogP contribution in [0.25, 0.3) is 0 Å². The summed E-state index contributed by atoms with van der Waals surface area (Å²) in [4.78, 5) is 50.7. The third-order valence-electron chi connectivity index (χ3n) is 7.78. The smallest absolute Gasteiger partial charge is 0.331 e. The summed E-state index contributed by atoms with van der Waals surface area (Å²) in [5.74, 6) is -3.55. The van der Waals surface area contributed by atoms with Gasteiger partial charge in [0.15, 0.2) is 6.10 Å². The van der Waals surface area contributed by atoms with Crippen molar-refractivity contribution in [3.05, 3.63) is 23.8 Å². The average molecular weight is 507 g/mol. The van der Waals surface area contributed by atoms with Gasteiger partial charge in [-0.05, 0) is 56.1 Å². The molecule has 0 aromatic heterocycles. The molecule has 8 nitrogen and oxygen atoms in total. The van der Waals surface area contributed by atoms with Crippen molar-refractivity contribution in [3.63, 3.8) is 0 Å². The summed E-state index contributed by atoms with van der Waals surface area (Å²) >= 11 is 0. The minimum atomic E-state index is -0.951. The molecule has 2 fully saturated rings. The molecule has 2 aliphatic rings. The van der Waals surface area contributed by atoms with Crippen molar-refractivity contribution >= 4 is 23.7 Å². The lowest BCUT2D eigenvalue weighted by Gasteiger charge is -2.48. The molecule has 0 bridgehead atoms. The molecule has 0 aromatic carbocycles. The fraction of sp³-hybridized carbons (Fsp3) is 0.714. The Morgan fingerprint density at radius 2 is 1.72 bits per heavy atom. The van der Waals surface area contributed by atoms with Crippen LogP contribution < -0.4 is 0 Å². The number of ketones is 1. The van der Waals surface area contributed by atoms with Crippen molar-refractivity contribution in [3.8, 4) is 0 Å². The van der Waals surface area contributed by atoms with Crippen LogP contribution in [0.4, 0.5) is 0 Å². The second-order valence-electron chi connectivity index (χ2n) is 10.7. The average Bonchev–Trinajstić information content (AvgIpc) is 3.11. The second kappa shape index (κ2) is 12.2. The van der Waals surface area contributed by atoms with E-state index < -0.39 is 48.2 Å². The van der Waals surface area contributed by atoms with Crippen molar-refractivity contribution in [1.29, 1.82) is 0 Å². The molecule has 2 rings (SSSR count). The monoisotopic (exact) mass is 506 g/mol. The maximum Gasteiger partial charge on any atom is 0.331 e. The van der Waals surface area contributed by atoms with Gasteiger partial charge >= 0.3 is 17.9 Å². The van der Waals surface area contributed by atoms with Crippen molar-refractivity contribution in [1.82, 2.24) is 0 Å². The molecule has 0 aromatic rings. The Morgan fingerprint density at radius 3 is 2.22 bits per heavy atom. The van der Waals surface area contributed by atoms with Gasteiger partial charge in [-0.3, -0.25) is 14.4 Å². The lowest BCUT2D eigenvalue weighted by molar-refractivity contribution is -0.182. The van der Waals surface area contributed by atoms with Crippen LogP contribution in [0.3, 0.4) is 0 Å². The highest BCUT2D eigenvalue weighted by molar-refractivity contribution is 5.86. The minimum Gasteiger partial charge on any atom is -0.462 e. The van der Waals surface area contributed by atoms with E-state index in [0.717, 1.165) is 0 Å². The highest BCUT2D eigenvalue weighted by Gasteiger charge is 2.60. The molecular formula is C28H42O8. The number of esters is 3. The molecule has 8 heteroatoms. The summed E-state index contributed by atoms with van der Waals surface area (Å²) in [7, 11) is 0. The number of carbonyl (C=O) groups excluding carboxylic acids is 4. The van der Waals surface area contributed by atoms with Crippen LogP contribution in [-0.4, -0.2) is 53.2 Å². The molecule has 0 saturated heterocycles. The van der Waals surface area contributed by atoms with Crippen LogP contribution in [0, 0.1) is 35.5 Å². The summed E-state index contributed by atoms with van der Waals surface area (Å²) in [6.07, 6.45) is -1.30. The maximum atomic E-state index is 13.2. The molecule has 0 radical (unpaired) electrons. The first-order valence-corrected chi connectivity index (χ1v) is 12.9. The number of Topliss-reactive ketones (excluding diaryl/α,β-unsaturated/α-hetero) is 1. The first-order chi connectivity index (χ1) is 16.7. The number of carbonyl (C=O) groups is 4. The molecule has 1 N–H and O–H groups in total. The van der Waals surface area contributed by atoms with E-state index in [1.807, 2.05) is 20.8 Å². The van der Waals surface area contributed by atoms with Gasteiger partial charge < -0.3 is 19.3 Å². The lowest BCUT2D eigenvalue weighted by atomic mass is 9.62. The highest BCUT2D eigenvalue weighted by Crippen LogP contribution is 2.54. The Morgan fingerprint density at radius 1 is 1.11 bits per heavy atom. The SMILES string of the molecule is C=C1[C@@H]2CC(=O)[C@H]([C@@H](C)OC(C)=O)[C@H]2[C@H](C(C)C)[C@@H](OC(=O)C(C)CC)[C@H]1OC(=O)/C=C(\C)C(C)O. The Kier molecular flexibility index (Phi) is 10.1. The van der Waals surface area contributed by atoms with E-state index in [4.69, 9.17) is 14.2 Å². The summed E-state index contributed by atoms with van der Waals surface area (Å²) in [6, 6.07) is 0. The normalized spacial score (nSPS) is 30.9. The van der Waals surface area contributed by atoms with Gasteiger partial charge in [-0.2, -0.15) is 0 Å². The van der Waals surface area contributed by atoms with Gasteiger partial charge in [0, 0.05) is 25.3 Å².